The minimum atomic E-state index is -0.226. The molecule has 0 fully saturated rings. The van der Waals surface area contributed by atoms with Gasteiger partial charge >= 0.3 is 0 Å². The van der Waals surface area contributed by atoms with Gasteiger partial charge in [0.2, 0.25) is 5.96 Å². The molecule has 8 nitrogen and oxygen atoms in total. The van der Waals surface area contributed by atoms with E-state index >= 15 is 0 Å². The Bertz CT molecular complexity index is 1060. The van der Waals surface area contributed by atoms with E-state index in [1.807, 2.05) is 36.4 Å². The highest BCUT2D eigenvalue weighted by Gasteiger charge is 2.11. The number of ether oxygens (including phenoxy) is 1. The van der Waals surface area contributed by atoms with Crippen molar-refractivity contribution < 1.29 is 9.53 Å². The van der Waals surface area contributed by atoms with Crippen LogP contribution in [0, 0.1) is 0 Å². The van der Waals surface area contributed by atoms with Crippen LogP contribution < -0.4 is 21.5 Å². The fourth-order valence-electron chi connectivity index (χ4n) is 2.72. The zero-order chi connectivity index (χ0) is 20.8. The fraction of sp³-hybridized carbons (Fsp3) is 0.190. The lowest BCUT2D eigenvalue weighted by atomic mass is 10.1. The van der Waals surface area contributed by atoms with E-state index in [-0.39, 0.29) is 11.9 Å². The lowest BCUT2D eigenvalue weighted by Gasteiger charge is -2.05. The summed E-state index contributed by atoms with van der Waals surface area (Å²) in [5.74, 6) is 0.452. The predicted octanol–water partition coefficient (Wildman–Crippen LogP) is 3.21. The van der Waals surface area contributed by atoms with Gasteiger partial charge in [-0.05, 0) is 49.2 Å². The largest absolute Gasteiger partial charge is 0.494 e. The molecule has 0 aliphatic carbocycles. The summed E-state index contributed by atoms with van der Waals surface area (Å²) in [4.78, 5) is 15.7. The SMILES string of the molecule is CCCOc1ccc2cc(C(=O)Nc3ccc(/C(C)=N/N=C(N)N)cc3)[nH]c2c1. The number of nitrogens with zero attached hydrogens (tertiary/aromatic N) is 2. The summed E-state index contributed by atoms with van der Waals surface area (Å²) in [6.45, 7) is 4.51. The first-order valence-electron chi connectivity index (χ1n) is 9.27. The maximum absolute atomic E-state index is 12.6. The number of hydrogen-bond donors (Lipinski definition) is 4. The Morgan fingerprint density at radius 2 is 1.86 bits per heavy atom. The fourth-order valence-corrected chi connectivity index (χ4v) is 2.72. The van der Waals surface area contributed by atoms with Crippen molar-refractivity contribution in [1.82, 2.24) is 4.98 Å². The molecule has 6 N–H and O–H groups in total. The number of amides is 1. The quantitative estimate of drug-likeness (QED) is 0.279. The van der Waals surface area contributed by atoms with Crippen LogP contribution in [0.15, 0.2) is 58.7 Å². The second-order valence-electron chi connectivity index (χ2n) is 6.52. The molecule has 1 amide bonds. The third-order valence-electron chi connectivity index (χ3n) is 4.19. The topological polar surface area (TPSA) is 131 Å². The molecule has 29 heavy (non-hydrogen) atoms. The van der Waals surface area contributed by atoms with Gasteiger partial charge in [0.1, 0.15) is 11.4 Å². The smallest absolute Gasteiger partial charge is 0.272 e. The number of carbonyl (C=O) groups excluding carboxylic acids is 1. The monoisotopic (exact) mass is 392 g/mol. The molecule has 0 spiro atoms. The van der Waals surface area contributed by atoms with Crippen molar-refractivity contribution in [3.63, 3.8) is 0 Å². The summed E-state index contributed by atoms with van der Waals surface area (Å²) in [5.41, 5.74) is 14.0. The first kappa shape index (κ1) is 19.9. The van der Waals surface area contributed by atoms with E-state index in [0.717, 1.165) is 28.6 Å². The average molecular weight is 392 g/mol. The van der Waals surface area contributed by atoms with Crippen molar-refractivity contribution in [2.45, 2.75) is 20.3 Å². The van der Waals surface area contributed by atoms with Gasteiger partial charge in [0.15, 0.2) is 0 Å². The molecule has 8 heteroatoms. The van der Waals surface area contributed by atoms with E-state index in [0.29, 0.717) is 23.7 Å². The van der Waals surface area contributed by atoms with Crippen LogP contribution in [0.4, 0.5) is 5.69 Å². The van der Waals surface area contributed by atoms with Crippen LogP contribution in [0.3, 0.4) is 0 Å². The zero-order valence-corrected chi connectivity index (χ0v) is 16.4. The van der Waals surface area contributed by atoms with Crippen LogP contribution >= 0.6 is 0 Å². The molecule has 1 aromatic heterocycles. The highest BCUT2D eigenvalue weighted by molar-refractivity contribution is 6.06. The van der Waals surface area contributed by atoms with Crippen LogP contribution in [-0.4, -0.2) is 29.2 Å². The molecule has 150 valence electrons. The third-order valence-corrected chi connectivity index (χ3v) is 4.19. The Morgan fingerprint density at radius 1 is 1.10 bits per heavy atom. The zero-order valence-electron chi connectivity index (χ0n) is 16.4. The maximum atomic E-state index is 12.6. The molecule has 0 atom stereocenters. The number of nitrogens with one attached hydrogen (secondary N) is 2. The summed E-state index contributed by atoms with van der Waals surface area (Å²) in [6, 6.07) is 14.8. The van der Waals surface area contributed by atoms with Gasteiger partial charge in [0.25, 0.3) is 5.91 Å². The van der Waals surface area contributed by atoms with Gasteiger partial charge < -0.3 is 26.5 Å². The van der Waals surface area contributed by atoms with Crippen molar-refractivity contribution >= 4 is 34.2 Å². The van der Waals surface area contributed by atoms with E-state index in [9.17, 15) is 4.79 Å². The molecule has 3 aromatic rings. The molecule has 3 rings (SSSR count). The second kappa shape index (κ2) is 8.92. The van der Waals surface area contributed by atoms with Gasteiger partial charge in [-0.2, -0.15) is 5.10 Å². The summed E-state index contributed by atoms with van der Waals surface area (Å²) < 4.78 is 5.64. The van der Waals surface area contributed by atoms with Crippen LogP contribution in [0.5, 0.6) is 5.75 Å². The Morgan fingerprint density at radius 3 is 2.55 bits per heavy atom. The van der Waals surface area contributed by atoms with Gasteiger partial charge in [-0.1, -0.05) is 19.1 Å². The van der Waals surface area contributed by atoms with Crippen LogP contribution in [0.2, 0.25) is 0 Å². The molecular formula is C21H24N6O2. The van der Waals surface area contributed by atoms with Gasteiger partial charge in [0.05, 0.1) is 12.3 Å². The lowest BCUT2D eigenvalue weighted by molar-refractivity contribution is 0.102. The number of anilines is 1. The highest BCUT2D eigenvalue weighted by Crippen LogP contribution is 2.22. The number of H-pyrrole nitrogens is 1. The predicted molar refractivity (Wildman–Crippen MR) is 117 cm³/mol. The molecule has 0 aliphatic heterocycles. The van der Waals surface area contributed by atoms with E-state index in [1.165, 1.54) is 0 Å². The Kier molecular flexibility index (Phi) is 6.13. The summed E-state index contributed by atoms with van der Waals surface area (Å²) >= 11 is 0. The van der Waals surface area contributed by atoms with Gasteiger partial charge in [-0.3, -0.25) is 4.79 Å². The van der Waals surface area contributed by atoms with Crippen LogP contribution in [0.25, 0.3) is 10.9 Å². The Labute approximate surface area is 168 Å². The summed E-state index contributed by atoms with van der Waals surface area (Å²) in [7, 11) is 0. The number of aromatic nitrogens is 1. The third kappa shape index (κ3) is 5.13. The number of hydrogen-bond acceptors (Lipinski definition) is 4. The molecule has 0 saturated heterocycles. The molecule has 2 aromatic carbocycles. The van der Waals surface area contributed by atoms with E-state index in [4.69, 9.17) is 16.2 Å². The maximum Gasteiger partial charge on any atom is 0.272 e. The molecule has 0 radical (unpaired) electrons. The molecular weight excluding hydrogens is 368 g/mol. The minimum Gasteiger partial charge on any atom is -0.494 e. The molecule has 0 unspecified atom stereocenters. The normalized spacial score (nSPS) is 11.3. The van der Waals surface area contributed by atoms with Crippen molar-refractivity contribution in [1.29, 1.82) is 0 Å². The van der Waals surface area contributed by atoms with Crippen molar-refractivity contribution in [2.75, 3.05) is 11.9 Å². The van der Waals surface area contributed by atoms with E-state index < -0.39 is 0 Å². The molecule has 0 aliphatic rings. The van der Waals surface area contributed by atoms with Crippen molar-refractivity contribution in [3.8, 4) is 5.75 Å². The van der Waals surface area contributed by atoms with Gasteiger partial charge in [0, 0.05) is 22.7 Å². The number of fused-ring (bicyclic) bond motifs is 1. The minimum absolute atomic E-state index is 0.101. The average Bonchev–Trinajstić information content (AvgIpc) is 3.14. The number of rotatable bonds is 7. The molecule has 0 bridgehead atoms. The van der Waals surface area contributed by atoms with Crippen molar-refractivity contribution in [3.05, 3.63) is 59.8 Å². The van der Waals surface area contributed by atoms with Crippen LogP contribution in [0.1, 0.15) is 36.3 Å². The Balaban J connectivity index is 1.71. The van der Waals surface area contributed by atoms with E-state index in [1.54, 1.807) is 19.1 Å². The number of nitrogens with two attached hydrogens (primary N) is 2. The molecule has 1 heterocycles. The molecule has 0 saturated carbocycles. The van der Waals surface area contributed by atoms with Crippen molar-refractivity contribution in [2.24, 2.45) is 21.7 Å². The number of aromatic amines is 1. The summed E-state index contributed by atoms with van der Waals surface area (Å²) in [5, 5.41) is 11.4. The highest BCUT2D eigenvalue weighted by atomic mass is 16.5. The van der Waals surface area contributed by atoms with E-state index in [2.05, 4.69) is 27.4 Å². The standard InChI is InChI=1S/C21H24N6O2/c1-3-10-29-17-9-6-15-11-19(25-18(15)12-17)20(28)24-16-7-4-14(5-8-16)13(2)26-27-21(22)23/h4-9,11-12,25H,3,10H2,1-2H3,(H,24,28)(H4,22,23,27)/b26-13+. The lowest BCUT2D eigenvalue weighted by Crippen LogP contribution is -2.22. The Hall–Kier alpha value is -3.81. The number of guanidine groups is 1. The van der Waals surface area contributed by atoms with Gasteiger partial charge in [-0.15, -0.1) is 5.10 Å². The number of carbonyl (C=O) groups is 1. The first-order chi connectivity index (χ1) is 14.0. The number of benzene rings is 2. The van der Waals surface area contributed by atoms with Crippen LogP contribution in [-0.2, 0) is 0 Å². The van der Waals surface area contributed by atoms with Gasteiger partial charge in [-0.25, -0.2) is 0 Å². The first-order valence-corrected chi connectivity index (χ1v) is 9.27. The second-order valence-corrected chi connectivity index (χ2v) is 6.52. The summed E-state index contributed by atoms with van der Waals surface area (Å²) in [6.07, 6.45) is 0.939.